The van der Waals surface area contributed by atoms with Crippen molar-refractivity contribution >= 4 is 17.9 Å². The third-order valence-corrected chi connectivity index (χ3v) is 4.52. The third-order valence-electron chi connectivity index (χ3n) is 4.52. The molecule has 0 aliphatic heterocycles. The second-order valence-corrected chi connectivity index (χ2v) is 9.42. The molecule has 2 unspecified atom stereocenters. The number of hydrogen-bond donors (Lipinski definition) is 2. The molecule has 1 fully saturated rings. The quantitative estimate of drug-likeness (QED) is 0.756. The fraction of sp³-hybridized carbons (Fsp3) is 0.667. The van der Waals surface area contributed by atoms with Crippen LogP contribution in [0.15, 0.2) is 18.3 Å². The molecule has 1 aliphatic carbocycles. The van der Waals surface area contributed by atoms with Gasteiger partial charge < -0.3 is 14.6 Å². The van der Waals surface area contributed by atoms with Crippen LogP contribution >= 0.6 is 0 Å². The van der Waals surface area contributed by atoms with Gasteiger partial charge in [0.25, 0.3) is 0 Å². The van der Waals surface area contributed by atoms with E-state index in [4.69, 9.17) is 9.47 Å². The van der Waals surface area contributed by atoms with Crippen molar-refractivity contribution in [3.63, 3.8) is 0 Å². The highest BCUT2D eigenvalue weighted by Gasteiger charge is 2.50. The first-order chi connectivity index (χ1) is 12.8. The first kappa shape index (κ1) is 22.1. The molecule has 1 aromatic heterocycles. The maximum absolute atomic E-state index is 12.9. The van der Waals surface area contributed by atoms with Gasteiger partial charge in [-0.15, -0.1) is 0 Å². The fourth-order valence-corrected chi connectivity index (χ4v) is 3.33. The predicted molar refractivity (Wildman–Crippen MR) is 106 cm³/mol. The number of aromatic nitrogens is 1. The third kappa shape index (κ3) is 5.92. The van der Waals surface area contributed by atoms with Crippen LogP contribution in [0, 0.1) is 5.41 Å². The van der Waals surface area contributed by atoms with E-state index in [0.717, 1.165) is 12.0 Å². The van der Waals surface area contributed by atoms with E-state index in [1.54, 1.807) is 39.1 Å². The topological polar surface area (TPSA) is 97.8 Å². The lowest BCUT2D eigenvalue weighted by molar-refractivity contribution is -0.173. The summed E-state index contributed by atoms with van der Waals surface area (Å²) in [7, 11) is 0. The van der Waals surface area contributed by atoms with Crippen molar-refractivity contribution in [3.8, 4) is 0 Å². The van der Waals surface area contributed by atoms with Crippen LogP contribution in [0.3, 0.4) is 0 Å². The summed E-state index contributed by atoms with van der Waals surface area (Å²) in [4.78, 5) is 28.9. The molecule has 2 rings (SSSR count). The first-order valence-corrected chi connectivity index (χ1v) is 9.67. The van der Waals surface area contributed by atoms with Crippen LogP contribution in [0.25, 0.3) is 0 Å². The number of nitrogens with zero attached hydrogens (tertiary/aromatic N) is 1. The van der Waals surface area contributed by atoms with E-state index in [2.05, 4.69) is 10.3 Å². The van der Waals surface area contributed by atoms with E-state index in [1.165, 1.54) is 0 Å². The van der Waals surface area contributed by atoms with Gasteiger partial charge in [-0.1, -0.05) is 6.07 Å². The Morgan fingerprint density at radius 3 is 2.29 bits per heavy atom. The Kier molecular flexibility index (Phi) is 6.38. The summed E-state index contributed by atoms with van der Waals surface area (Å²) in [5.41, 5.74) is -1.38. The van der Waals surface area contributed by atoms with Gasteiger partial charge in [-0.25, -0.2) is 9.78 Å². The fourth-order valence-electron chi connectivity index (χ4n) is 3.33. The number of aliphatic hydroxyl groups is 1. The Morgan fingerprint density at radius 1 is 1.18 bits per heavy atom. The van der Waals surface area contributed by atoms with E-state index in [0.29, 0.717) is 25.1 Å². The summed E-state index contributed by atoms with van der Waals surface area (Å²) in [5, 5.41) is 13.1. The normalized spacial score (nSPS) is 22.6. The number of amides is 1. The zero-order chi connectivity index (χ0) is 21.2. The number of carbonyl (C=O) groups is 2. The van der Waals surface area contributed by atoms with Gasteiger partial charge in [-0.2, -0.15) is 0 Å². The predicted octanol–water partition coefficient (Wildman–Crippen LogP) is 3.84. The van der Waals surface area contributed by atoms with Crippen LogP contribution in [0.5, 0.6) is 0 Å². The average molecular weight is 392 g/mol. The molecule has 1 saturated carbocycles. The lowest BCUT2D eigenvalue weighted by Gasteiger charge is -2.33. The van der Waals surface area contributed by atoms with E-state index >= 15 is 0 Å². The monoisotopic (exact) mass is 392 g/mol. The molecule has 0 aromatic carbocycles. The van der Waals surface area contributed by atoms with Crippen molar-refractivity contribution in [2.45, 2.75) is 84.5 Å². The summed E-state index contributed by atoms with van der Waals surface area (Å²) >= 11 is 0. The van der Waals surface area contributed by atoms with Crippen LogP contribution in [-0.2, 0) is 20.7 Å². The van der Waals surface area contributed by atoms with E-state index in [1.807, 2.05) is 20.8 Å². The average Bonchev–Trinajstić information content (AvgIpc) is 2.88. The van der Waals surface area contributed by atoms with Gasteiger partial charge in [0.2, 0.25) is 0 Å². The van der Waals surface area contributed by atoms with Crippen molar-refractivity contribution < 1.29 is 24.2 Å². The van der Waals surface area contributed by atoms with E-state index < -0.39 is 28.8 Å². The number of esters is 1. The van der Waals surface area contributed by atoms with Crippen molar-refractivity contribution in [1.82, 2.24) is 4.98 Å². The molecule has 1 amide bonds. The maximum Gasteiger partial charge on any atom is 0.413 e. The van der Waals surface area contributed by atoms with E-state index in [-0.39, 0.29) is 5.97 Å². The molecule has 0 bridgehead atoms. The minimum absolute atomic E-state index is 0.336. The number of rotatable bonds is 4. The minimum atomic E-state index is -0.963. The van der Waals surface area contributed by atoms with Gasteiger partial charge in [-0.3, -0.25) is 10.1 Å². The Morgan fingerprint density at radius 2 is 1.82 bits per heavy atom. The number of hydrogen-bond acceptors (Lipinski definition) is 6. The van der Waals surface area contributed by atoms with Crippen molar-refractivity contribution in [1.29, 1.82) is 0 Å². The molecule has 28 heavy (non-hydrogen) atoms. The summed E-state index contributed by atoms with van der Waals surface area (Å²) in [6.07, 6.45) is 2.52. The van der Waals surface area contributed by atoms with Gasteiger partial charge in [0.15, 0.2) is 0 Å². The molecule has 1 aromatic rings. The molecule has 2 atom stereocenters. The second kappa shape index (κ2) is 8.07. The largest absolute Gasteiger partial charge is 0.459 e. The van der Waals surface area contributed by atoms with Gasteiger partial charge in [0.1, 0.15) is 17.0 Å². The Labute approximate surface area is 166 Å². The molecule has 7 nitrogen and oxygen atoms in total. The molecule has 0 radical (unpaired) electrons. The van der Waals surface area contributed by atoms with Gasteiger partial charge >= 0.3 is 12.1 Å². The first-order valence-electron chi connectivity index (χ1n) is 9.67. The molecule has 7 heteroatoms. The summed E-state index contributed by atoms with van der Waals surface area (Å²) < 4.78 is 10.8. The smallest absolute Gasteiger partial charge is 0.413 e. The molecule has 2 N–H and O–H groups in total. The number of pyridine rings is 1. The van der Waals surface area contributed by atoms with Crippen LogP contribution in [0.4, 0.5) is 10.6 Å². The zero-order valence-electron chi connectivity index (χ0n) is 17.7. The molecular weight excluding hydrogens is 360 g/mol. The number of carbonyl (C=O) groups excluding carboxylic acids is 2. The molecule has 0 saturated heterocycles. The molecule has 156 valence electrons. The summed E-state index contributed by atoms with van der Waals surface area (Å²) in [5.74, 6) is -0.0164. The molecule has 1 aliphatic rings. The Hall–Kier alpha value is -2.15. The van der Waals surface area contributed by atoms with Crippen LogP contribution in [0.2, 0.25) is 0 Å². The van der Waals surface area contributed by atoms with E-state index in [9.17, 15) is 14.7 Å². The standard InChI is InChI=1S/C21H32N2O5/c1-19(2,3)27-17(25)21(11-7-8-15(21)24)12-14-9-10-16(22-13-14)23-18(26)28-20(4,5)6/h9-10,13,15,24H,7-8,11-12H2,1-6H3,(H,22,23,26). The van der Waals surface area contributed by atoms with Gasteiger partial charge in [-0.05, 0) is 78.9 Å². The zero-order valence-corrected chi connectivity index (χ0v) is 17.7. The second-order valence-electron chi connectivity index (χ2n) is 9.42. The van der Waals surface area contributed by atoms with Gasteiger partial charge in [0, 0.05) is 6.20 Å². The maximum atomic E-state index is 12.9. The van der Waals surface area contributed by atoms with Crippen molar-refractivity contribution in [3.05, 3.63) is 23.9 Å². The number of anilines is 1. The lowest BCUT2D eigenvalue weighted by Crippen LogP contribution is -2.44. The number of ether oxygens (including phenoxy) is 2. The number of nitrogens with one attached hydrogen (secondary N) is 1. The minimum Gasteiger partial charge on any atom is -0.459 e. The molecule has 0 spiro atoms. The highest BCUT2D eigenvalue weighted by molar-refractivity contribution is 5.83. The van der Waals surface area contributed by atoms with Crippen LogP contribution in [-0.4, -0.2) is 39.5 Å². The lowest BCUT2D eigenvalue weighted by atomic mass is 9.78. The number of aliphatic hydroxyl groups excluding tert-OH is 1. The Bertz CT molecular complexity index is 703. The molecular formula is C21H32N2O5. The van der Waals surface area contributed by atoms with Crippen molar-refractivity contribution in [2.75, 3.05) is 5.32 Å². The molecule has 1 heterocycles. The van der Waals surface area contributed by atoms with Gasteiger partial charge in [0.05, 0.1) is 11.5 Å². The van der Waals surface area contributed by atoms with Crippen molar-refractivity contribution in [2.24, 2.45) is 5.41 Å². The van der Waals surface area contributed by atoms with Crippen LogP contribution < -0.4 is 5.32 Å². The summed E-state index contributed by atoms with van der Waals surface area (Å²) in [6.45, 7) is 10.8. The van der Waals surface area contributed by atoms with Crippen LogP contribution in [0.1, 0.15) is 66.4 Å². The SMILES string of the molecule is CC(C)(C)OC(=O)Nc1ccc(CC2(C(=O)OC(C)(C)C)CCCC2O)cn1. The Balaban J connectivity index is 2.11. The summed E-state index contributed by atoms with van der Waals surface area (Å²) in [6, 6.07) is 3.44. The highest BCUT2D eigenvalue weighted by Crippen LogP contribution is 2.43. The highest BCUT2D eigenvalue weighted by atomic mass is 16.6.